The first kappa shape index (κ1) is 97.5. The highest BCUT2D eigenvalue weighted by atomic mass is 31.2. The predicted octanol–water partition coefficient (Wildman–Crippen LogP) is 24.1. The summed E-state index contributed by atoms with van der Waals surface area (Å²) in [6, 6.07) is 0. The third kappa shape index (κ3) is 73.8. The Labute approximate surface area is 612 Å². The van der Waals surface area contributed by atoms with E-state index >= 15 is 0 Å². The van der Waals surface area contributed by atoms with Crippen LogP contribution in [0.4, 0.5) is 0 Å². The van der Waals surface area contributed by atoms with E-state index in [4.69, 9.17) is 37.0 Å². The lowest BCUT2D eigenvalue weighted by Gasteiger charge is -2.21. The lowest BCUT2D eigenvalue weighted by atomic mass is 10.0. The van der Waals surface area contributed by atoms with Crippen LogP contribution in [-0.2, 0) is 65.4 Å². The molecule has 3 N–H and O–H groups in total. The number of unbranched alkanes of at least 4 members (excludes halogenated alkanes) is 50. The van der Waals surface area contributed by atoms with E-state index in [0.29, 0.717) is 25.7 Å². The monoisotopic (exact) mass is 1460 g/mol. The fourth-order valence-corrected chi connectivity index (χ4v) is 13.7. The lowest BCUT2D eigenvalue weighted by Crippen LogP contribution is -2.30. The third-order valence-electron chi connectivity index (χ3n) is 18.4. The highest BCUT2D eigenvalue weighted by Gasteiger charge is 2.30. The van der Waals surface area contributed by atoms with Gasteiger partial charge in [0, 0.05) is 25.7 Å². The first-order valence-corrected chi connectivity index (χ1v) is 44.6. The van der Waals surface area contributed by atoms with E-state index in [1.807, 2.05) is 0 Å². The minimum atomic E-state index is -4.97. The van der Waals surface area contributed by atoms with Gasteiger partial charge in [-0.15, -0.1) is 0 Å². The number of phosphoric acid groups is 2. The molecule has 0 amide bonds. The van der Waals surface area contributed by atoms with Gasteiger partial charge in [-0.25, -0.2) is 9.13 Å². The second-order valence-corrected chi connectivity index (χ2v) is 31.4. The molecule has 0 aromatic heterocycles. The molecule has 0 heterocycles. The molecular weight excluding hydrogens is 1310 g/mol. The van der Waals surface area contributed by atoms with Crippen LogP contribution in [0.25, 0.3) is 0 Å². The Hall–Kier alpha value is -2.46. The van der Waals surface area contributed by atoms with Crippen molar-refractivity contribution in [2.24, 2.45) is 0 Å². The molecule has 19 heteroatoms. The molecule has 0 aliphatic rings. The number of aliphatic hydroxyl groups excluding tert-OH is 1. The van der Waals surface area contributed by atoms with E-state index in [-0.39, 0.29) is 25.7 Å². The number of phosphoric ester groups is 2. The average Bonchev–Trinajstić information content (AvgIpc) is 0.937. The topological polar surface area (TPSA) is 237 Å². The van der Waals surface area contributed by atoms with Crippen molar-refractivity contribution >= 4 is 39.5 Å². The summed E-state index contributed by atoms with van der Waals surface area (Å²) in [6.45, 7) is 4.96. The molecule has 0 radical (unpaired) electrons. The van der Waals surface area contributed by atoms with E-state index < -0.39 is 97.5 Å². The normalized spacial score (nSPS) is 13.9. The first-order valence-electron chi connectivity index (χ1n) is 41.6. The molecule has 0 aliphatic carbocycles. The van der Waals surface area contributed by atoms with Crippen molar-refractivity contribution in [3.63, 3.8) is 0 Å². The van der Waals surface area contributed by atoms with Gasteiger partial charge in [0.1, 0.15) is 19.3 Å². The van der Waals surface area contributed by atoms with E-state index in [9.17, 15) is 43.2 Å². The molecule has 0 aromatic rings. The maximum atomic E-state index is 13.1. The largest absolute Gasteiger partial charge is 0.472 e. The van der Waals surface area contributed by atoms with Gasteiger partial charge in [0.25, 0.3) is 0 Å². The minimum absolute atomic E-state index is 0.102. The van der Waals surface area contributed by atoms with Gasteiger partial charge in [-0.3, -0.25) is 37.3 Å². The molecule has 0 bridgehead atoms. The van der Waals surface area contributed by atoms with Crippen molar-refractivity contribution in [3.8, 4) is 0 Å². The molecule has 100 heavy (non-hydrogen) atoms. The number of aliphatic hydroxyl groups is 1. The number of ether oxygens (including phenoxy) is 4. The van der Waals surface area contributed by atoms with Crippen molar-refractivity contribution in [2.75, 3.05) is 39.6 Å². The molecule has 0 rings (SSSR count). The minimum Gasteiger partial charge on any atom is -0.462 e. The van der Waals surface area contributed by atoms with Crippen molar-refractivity contribution in [1.29, 1.82) is 0 Å². The van der Waals surface area contributed by atoms with Gasteiger partial charge in [0.15, 0.2) is 12.2 Å². The molecule has 0 fully saturated rings. The fraction of sp³-hybridized carbons (Fsp3) is 0.901. The molecule has 0 aliphatic heterocycles. The van der Waals surface area contributed by atoms with Crippen LogP contribution >= 0.6 is 15.6 Å². The van der Waals surface area contributed by atoms with Crippen LogP contribution in [0.5, 0.6) is 0 Å². The predicted molar refractivity (Wildman–Crippen MR) is 409 cm³/mol. The van der Waals surface area contributed by atoms with E-state index in [2.05, 4.69) is 52.0 Å². The highest BCUT2D eigenvalue weighted by molar-refractivity contribution is 7.47. The standard InChI is InChI=1S/C81H154O17P2/c1-5-9-13-17-21-25-29-33-36-37-40-43-46-50-54-58-62-66-79(84)92-72-77(98-81(86)68-64-60-56-52-48-44-39-35-31-27-23-19-15-11-7-3)74-96-100(89,90)94-70-75(82)69-93-99(87,88)95-73-76(97-80(85)67-63-59-55-51-47-41-32-28-24-20-16-12-8-4)71-91-78(83)65-61-57-53-49-45-42-38-34-30-26-22-18-14-10-6-2/h22,26,34,38,75-77,82H,5-21,23-25,27-33,35-37,39-74H2,1-4H3,(H,87,88)(H,89,90)/b26-22-,38-34-/t75-,76-,77-/m1/s1. The number of carbonyl (C=O) groups excluding carboxylic acids is 4. The number of hydrogen-bond donors (Lipinski definition) is 3. The molecule has 0 spiro atoms. The zero-order valence-electron chi connectivity index (χ0n) is 64.7. The molecule has 0 saturated heterocycles. The SMILES string of the molecule is CCCCC/C=C\C/C=C\CCCCCCCC(=O)OC[C@H](COP(=O)(O)OC[C@@H](O)COP(=O)(O)OC[C@@H](COC(=O)CCCCCCCCCCCCCCCCCCC)OC(=O)CCCCCCCCCCCCCCCCC)OC(=O)CCCCCCCCCCCCCCC. The highest BCUT2D eigenvalue weighted by Crippen LogP contribution is 2.45. The molecule has 2 unspecified atom stereocenters. The van der Waals surface area contributed by atoms with Crippen LogP contribution in [0, 0.1) is 0 Å². The fourth-order valence-electron chi connectivity index (χ4n) is 12.1. The number of rotatable bonds is 80. The zero-order chi connectivity index (χ0) is 73.2. The second-order valence-electron chi connectivity index (χ2n) is 28.4. The number of hydrogen-bond acceptors (Lipinski definition) is 15. The Kier molecular flexibility index (Phi) is 73.0. The van der Waals surface area contributed by atoms with Gasteiger partial charge < -0.3 is 33.8 Å². The van der Waals surface area contributed by atoms with Gasteiger partial charge in [-0.2, -0.15) is 0 Å². The Morgan fingerprint density at radius 1 is 0.280 bits per heavy atom. The summed E-state index contributed by atoms with van der Waals surface area (Å²) in [7, 11) is -9.93. The first-order chi connectivity index (χ1) is 48.7. The van der Waals surface area contributed by atoms with Crippen molar-refractivity contribution in [2.45, 2.75) is 431 Å². The molecular formula is C81H154O17P2. The summed E-state index contributed by atoms with van der Waals surface area (Å²) < 4.78 is 68.7. The third-order valence-corrected chi connectivity index (χ3v) is 20.4. The maximum absolute atomic E-state index is 13.1. The van der Waals surface area contributed by atoms with Crippen LogP contribution in [0.2, 0.25) is 0 Å². The summed E-state index contributed by atoms with van der Waals surface area (Å²) in [5.41, 5.74) is 0. The summed E-state index contributed by atoms with van der Waals surface area (Å²) in [6.07, 6.45) is 70.0. The van der Waals surface area contributed by atoms with E-state index in [1.165, 1.54) is 218 Å². The molecule has 590 valence electrons. The number of carbonyl (C=O) groups is 4. The molecule has 17 nitrogen and oxygen atoms in total. The van der Waals surface area contributed by atoms with Gasteiger partial charge in [0.05, 0.1) is 26.4 Å². The van der Waals surface area contributed by atoms with Crippen LogP contribution in [0.1, 0.15) is 413 Å². The number of allylic oxidation sites excluding steroid dienone is 4. The zero-order valence-corrected chi connectivity index (χ0v) is 66.5. The Bertz CT molecular complexity index is 1990. The Balaban J connectivity index is 5.28. The smallest absolute Gasteiger partial charge is 0.462 e. The van der Waals surface area contributed by atoms with Crippen LogP contribution in [0.3, 0.4) is 0 Å². The van der Waals surface area contributed by atoms with Crippen LogP contribution in [-0.4, -0.2) is 96.7 Å². The van der Waals surface area contributed by atoms with Crippen LogP contribution in [0.15, 0.2) is 24.3 Å². The second kappa shape index (κ2) is 74.8. The molecule has 0 aromatic carbocycles. The Morgan fingerprint density at radius 2 is 0.490 bits per heavy atom. The van der Waals surface area contributed by atoms with Gasteiger partial charge in [-0.05, 0) is 57.8 Å². The van der Waals surface area contributed by atoms with E-state index in [1.54, 1.807) is 0 Å². The van der Waals surface area contributed by atoms with Crippen molar-refractivity contribution < 1.29 is 80.2 Å². The summed E-state index contributed by atoms with van der Waals surface area (Å²) in [5.74, 6) is -2.13. The summed E-state index contributed by atoms with van der Waals surface area (Å²) >= 11 is 0. The summed E-state index contributed by atoms with van der Waals surface area (Å²) in [4.78, 5) is 73.0. The Morgan fingerprint density at radius 3 is 0.760 bits per heavy atom. The molecule has 5 atom stereocenters. The van der Waals surface area contributed by atoms with Gasteiger partial charge in [0.2, 0.25) is 0 Å². The quantitative estimate of drug-likeness (QED) is 0.0169. The average molecular weight is 1460 g/mol. The maximum Gasteiger partial charge on any atom is 0.472 e. The summed E-state index contributed by atoms with van der Waals surface area (Å²) in [5, 5.41) is 10.6. The number of esters is 4. The van der Waals surface area contributed by atoms with Gasteiger partial charge in [-0.1, -0.05) is 354 Å². The lowest BCUT2D eigenvalue weighted by molar-refractivity contribution is -0.161. The van der Waals surface area contributed by atoms with Crippen molar-refractivity contribution in [3.05, 3.63) is 24.3 Å². The molecule has 0 saturated carbocycles. The van der Waals surface area contributed by atoms with Gasteiger partial charge >= 0.3 is 39.5 Å². The van der Waals surface area contributed by atoms with E-state index in [0.717, 1.165) is 116 Å². The van der Waals surface area contributed by atoms with Crippen molar-refractivity contribution in [1.82, 2.24) is 0 Å². The van der Waals surface area contributed by atoms with Crippen LogP contribution < -0.4 is 0 Å².